The molecule has 1 aromatic rings. The van der Waals surface area contributed by atoms with Gasteiger partial charge in [0.05, 0.1) is 25.5 Å². The summed E-state index contributed by atoms with van der Waals surface area (Å²) < 4.78 is 5.04. The van der Waals surface area contributed by atoms with E-state index in [1.54, 1.807) is 11.0 Å². The molecule has 1 aromatic heterocycles. The van der Waals surface area contributed by atoms with Crippen molar-refractivity contribution in [1.29, 1.82) is 0 Å². The molecular weight excluding hydrogens is 144 g/mol. The fourth-order valence-electron chi connectivity index (χ4n) is 0.913. The zero-order chi connectivity index (χ0) is 7.68. The Kier molecular flexibility index (Phi) is 1.50. The Balaban J connectivity index is 1.85. The van der Waals surface area contributed by atoms with Crippen LogP contribution in [0, 0.1) is 0 Å². The Morgan fingerprint density at radius 1 is 1.82 bits per heavy atom. The number of epoxide rings is 1. The number of ether oxygens (including phenoxy) is 1. The molecule has 0 amide bonds. The van der Waals surface area contributed by atoms with E-state index in [4.69, 9.17) is 10.5 Å². The molecule has 0 saturated carbocycles. The molecular formula is C6H10N4O. The summed E-state index contributed by atoms with van der Waals surface area (Å²) in [5.41, 5.74) is 5.37. The summed E-state index contributed by atoms with van der Waals surface area (Å²) >= 11 is 0. The van der Waals surface area contributed by atoms with Crippen LogP contribution in [-0.2, 0) is 11.3 Å². The molecule has 1 saturated heterocycles. The molecule has 60 valence electrons. The van der Waals surface area contributed by atoms with E-state index in [-0.39, 0.29) is 0 Å². The van der Waals surface area contributed by atoms with Crippen LogP contribution < -0.4 is 5.73 Å². The number of nitrogens with zero attached hydrogens (tertiary/aromatic N) is 3. The Bertz CT molecular complexity index is 242. The highest BCUT2D eigenvalue weighted by Crippen LogP contribution is 2.13. The average Bonchev–Trinajstić information content (AvgIpc) is 2.72. The van der Waals surface area contributed by atoms with Crippen LogP contribution >= 0.6 is 0 Å². The van der Waals surface area contributed by atoms with Crippen LogP contribution in [0.2, 0.25) is 0 Å². The molecule has 1 atom stereocenters. The van der Waals surface area contributed by atoms with Gasteiger partial charge in [0, 0.05) is 0 Å². The second-order valence-electron chi connectivity index (χ2n) is 2.61. The Hall–Kier alpha value is -1.10. The van der Waals surface area contributed by atoms with Crippen molar-refractivity contribution in [2.45, 2.75) is 19.1 Å². The van der Waals surface area contributed by atoms with Crippen LogP contribution in [0.5, 0.6) is 0 Å². The highest BCUT2D eigenvalue weighted by molar-refractivity contribution is 5.19. The largest absolute Gasteiger partial charge is 0.381 e. The van der Waals surface area contributed by atoms with Gasteiger partial charge in [0.15, 0.2) is 5.82 Å². The van der Waals surface area contributed by atoms with E-state index in [2.05, 4.69) is 10.2 Å². The molecule has 1 aliphatic heterocycles. The quantitative estimate of drug-likeness (QED) is 0.604. The molecule has 2 rings (SSSR count). The standard InChI is InChI=1S/C6H10N4O/c7-6-3-8-10(9-6)2-1-5-4-11-5/h3,5H,1-2,4H2,(H2,7,9). The predicted molar refractivity (Wildman–Crippen MR) is 38.8 cm³/mol. The van der Waals surface area contributed by atoms with E-state index in [1.807, 2.05) is 0 Å². The predicted octanol–water partition coefficient (Wildman–Crippen LogP) is -0.351. The lowest BCUT2D eigenvalue weighted by atomic mass is 10.3. The number of aryl methyl sites for hydroxylation is 1. The van der Waals surface area contributed by atoms with Gasteiger partial charge in [-0.2, -0.15) is 9.90 Å². The third-order valence-electron chi connectivity index (χ3n) is 1.61. The van der Waals surface area contributed by atoms with Crippen molar-refractivity contribution in [1.82, 2.24) is 15.0 Å². The molecule has 0 aliphatic carbocycles. The van der Waals surface area contributed by atoms with Crippen LogP contribution in [0.15, 0.2) is 6.20 Å². The minimum atomic E-state index is 0.433. The second kappa shape index (κ2) is 2.50. The lowest BCUT2D eigenvalue weighted by Gasteiger charge is -1.94. The van der Waals surface area contributed by atoms with Crippen LogP contribution in [0.3, 0.4) is 0 Å². The minimum Gasteiger partial charge on any atom is -0.381 e. The highest BCUT2D eigenvalue weighted by Gasteiger charge is 2.21. The van der Waals surface area contributed by atoms with Crippen LogP contribution in [0.1, 0.15) is 6.42 Å². The fourth-order valence-corrected chi connectivity index (χ4v) is 0.913. The molecule has 5 nitrogen and oxygen atoms in total. The molecule has 0 bridgehead atoms. The molecule has 0 aromatic carbocycles. The first-order valence-corrected chi connectivity index (χ1v) is 3.62. The summed E-state index contributed by atoms with van der Waals surface area (Å²) in [5.74, 6) is 0.474. The molecule has 1 fully saturated rings. The molecule has 2 heterocycles. The maximum Gasteiger partial charge on any atom is 0.165 e. The van der Waals surface area contributed by atoms with E-state index in [0.717, 1.165) is 19.6 Å². The topological polar surface area (TPSA) is 69.3 Å². The number of aromatic nitrogens is 3. The van der Waals surface area contributed by atoms with Crippen LogP contribution in [0.4, 0.5) is 5.82 Å². The summed E-state index contributed by atoms with van der Waals surface area (Å²) in [6, 6.07) is 0. The van der Waals surface area contributed by atoms with Crippen molar-refractivity contribution in [2.24, 2.45) is 0 Å². The van der Waals surface area contributed by atoms with E-state index >= 15 is 0 Å². The SMILES string of the molecule is Nc1cnn(CCC2CO2)n1. The van der Waals surface area contributed by atoms with Gasteiger partial charge in [-0.1, -0.05) is 0 Å². The first-order chi connectivity index (χ1) is 5.34. The second-order valence-corrected chi connectivity index (χ2v) is 2.61. The third kappa shape index (κ3) is 1.68. The molecule has 0 radical (unpaired) electrons. The van der Waals surface area contributed by atoms with Gasteiger partial charge >= 0.3 is 0 Å². The lowest BCUT2D eigenvalue weighted by Crippen LogP contribution is -2.05. The van der Waals surface area contributed by atoms with Crippen molar-refractivity contribution in [3.05, 3.63) is 6.20 Å². The highest BCUT2D eigenvalue weighted by atomic mass is 16.6. The van der Waals surface area contributed by atoms with Gasteiger partial charge in [0.1, 0.15) is 0 Å². The van der Waals surface area contributed by atoms with Gasteiger partial charge in [-0.25, -0.2) is 0 Å². The maximum absolute atomic E-state index is 5.37. The van der Waals surface area contributed by atoms with Crippen molar-refractivity contribution in [3.63, 3.8) is 0 Å². The van der Waals surface area contributed by atoms with Gasteiger partial charge in [0.25, 0.3) is 0 Å². The number of rotatable bonds is 3. The van der Waals surface area contributed by atoms with Gasteiger partial charge in [-0.05, 0) is 6.42 Å². The molecule has 0 spiro atoms. The number of nitrogen functional groups attached to an aromatic ring is 1. The van der Waals surface area contributed by atoms with E-state index in [1.165, 1.54) is 0 Å². The zero-order valence-electron chi connectivity index (χ0n) is 6.10. The summed E-state index contributed by atoms with van der Waals surface area (Å²) in [6.07, 6.45) is 2.96. The number of hydrogen-bond acceptors (Lipinski definition) is 4. The first kappa shape index (κ1) is 6.60. The number of nitrogens with two attached hydrogens (primary N) is 1. The molecule has 1 unspecified atom stereocenters. The maximum atomic E-state index is 5.37. The average molecular weight is 154 g/mol. The molecule has 2 N–H and O–H groups in total. The van der Waals surface area contributed by atoms with Crippen LogP contribution in [0.25, 0.3) is 0 Å². The summed E-state index contributed by atoms with van der Waals surface area (Å²) in [6.45, 7) is 1.68. The summed E-state index contributed by atoms with van der Waals surface area (Å²) in [7, 11) is 0. The third-order valence-corrected chi connectivity index (χ3v) is 1.61. The monoisotopic (exact) mass is 154 g/mol. The van der Waals surface area contributed by atoms with Crippen molar-refractivity contribution in [2.75, 3.05) is 12.3 Å². The Morgan fingerprint density at radius 3 is 3.18 bits per heavy atom. The smallest absolute Gasteiger partial charge is 0.165 e. The summed E-state index contributed by atoms with van der Waals surface area (Å²) in [5, 5.41) is 7.88. The fraction of sp³-hybridized carbons (Fsp3) is 0.667. The summed E-state index contributed by atoms with van der Waals surface area (Å²) in [4.78, 5) is 1.59. The van der Waals surface area contributed by atoms with E-state index < -0.39 is 0 Å². The molecule has 5 heteroatoms. The van der Waals surface area contributed by atoms with Crippen molar-refractivity contribution >= 4 is 5.82 Å². The van der Waals surface area contributed by atoms with E-state index in [9.17, 15) is 0 Å². The van der Waals surface area contributed by atoms with Crippen molar-refractivity contribution in [3.8, 4) is 0 Å². The number of hydrogen-bond donors (Lipinski definition) is 1. The Labute approximate surface area is 64.1 Å². The molecule has 11 heavy (non-hydrogen) atoms. The van der Waals surface area contributed by atoms with Gasteiger partial charge in [0.2, 0.25) is 0 Å². The van der Waals surface area contributed by atoms with Crippen LogP contribution in [-0.4, -0.2) is 27.7 Å². The normalized spacial score (nSPS) is 22.0. The minimum absolute atomic E-state index is 0.433. The van der Waals surface area contributed by atoms with E-state index in [0.29, 0.717) is 11.9 Å². The van der Waals surface area contributed by atoms with Gasteiger partial charge in [-0.3, -0.25) is 0 Å². The van der Waals surface area contributed by atoms with Gasteiger partial charge in [-0.15, -0.1) is 5.10 Å². The Morgan fingerprint density at radius 2 is 2.64 bits per heavy atom. The first-order valence-electron chi connectivity index (χ1n) is 3.62. The van der Waals surface area contributed by atoms with Gasteiger partial charge < -0.3 is 10.5 Å². The number of anilines is 1. The van der Waals surface area contributed by atoms with Crippen molar-refractivity contribution < 1.29 is 4.74 Å². The zero-order valence-corrected chi connectivity index (χ0v) is 6.10. The molecule has 1 aliphatic rings. The lowest BCUT2D eigenvalue weighted by molar-refractivity contribution is 0.372.